The lowest BCUT2D eigenvalue weighted by Crippen LogP contribution is -2.32. The predicted molar refractivity (Wildman–Crippen MR) is 94.3 cm³/mol. The first-order valence-electron chi connectivity index (χ1n) is 8.04. The molecular weight excluding hydrogens is 298 g/mol. The first-order valence-corrected chi connectivity index (χ1v) is 8.04. The van der Waals surface area contributed by atoms with Gasteiger partial charge in [0, 0.05) is 23.6 Å². The number of H-pyrrole nitrogens is 1. The number of carbonyl (C=O) groups is 1. The molecule has 120 valence electrons. The summed E-state index contributed by atoms with van der Waals surface area (Å²) in [5.74, 6) is -0.890. The summed E-state index contributed by atoms with van der Waals surface area (Å²) in [6, 6.07) is 20.0. The van der Waals surface area contributed by atoms with E-state index in [0.717, 1.165) is 22.9 Å². The molecule has 4 heteroatoms. The van der Waals surface area contributed by atoms with Gasteiger partial charge in [0.2, 0.25) is 5.91 Å². The largest absolute Gasteiger partial charge is 0.361 e. The third-order valence-corrected chi connectivity index (χ3v) is 4.13. The molecule has 0 aliphatic heterocycles. The third kappa shape index (κ3) is 3.64. The highest BCUT2D eigenvalue weighted by Crippen LogP contribution is 2.20. The van der Waals surface area contributed by atoms with Gasteiger partial charge in [-0.2, -0.15) is 5.26 Å². The van der Waals surface area contributed by atoms with Crippen LogP contribution in [0.3, 0.4) is 0 Å². The van der Waals surface area contributed by atoms with E-state index >= 15 is 0 Å². The molecule has 2 aromatic carbocycles. The molecule has 0 aliphatic carbocycles. The molecule has 3 aromatic rings. The number of nitrogens with zero attached hydrogens (tertiary/aromatic N) is 1. The van der Waals surface area contributed by atoms with E-state index < -0.39 is 5.92 Å². The number of carbonyl (C=O) groups excluding carboxylic acids is 1. The first-order chi connectivity index (χ1) is 11.8. The van der Waals surface area contributed by atoms with Crippen molar-refractivity contribution in [3.63, 3.8) is 0 Å². The second kappa shape index (κ2) is 7.47. The van der Waals surface area contributed by atoms with Crippen molar-refractivity contribution in [2.45, 2.75) is 12.8 Å². The summed E-state index contributed by atoms with van der Waals surface area (Å²) in [4.78, 5) is 15.5. The number of aromatic nitrogens is 1. The third-order valence-electron chi connectivity index (χ3n) is 4.13. The number of rotatable bonds is 6. The van der Waals surface area contributed by atoms with Gasteiger partial charge in [0.05, 0.1) is 6.07 Å². The van der Waals surface area contributed by atoms with E-state index in [1.165, 1.54) is 5.56 Å². The Morgan fingerprint density at radius 2 is 1.88 bits per heavy atom. The highest BCUT2D eigenvalue weighted by molar-refractivity contribution is 5.85. The SMILES string of the molecule is N#C[C@@H](Cc1c[nH]c2ccccc12)C(=O)NCCc1ccccc1. The molecular formula is C20H19N3O. The Hall–Kier alpha value is -3.06. The van der Waals surface area contributed by atoms with Gasteiger partial charge in [0.25, 0.3) is 0 Å². The number of hydrogen-bond donors (Lipinski definition) is 2. The number of hydrogen-bond acceptors (Lipinski definition) is 2. The Kier molecular flexibility index (Phi) is 4.93. The van der Waals surface area contributed by atoms with Crippen LogP contribution in [0.2, 0.25) is 0 Å². The van der Waals surface area contributed by atoms with Crippen LogP contribution in [0.1, 0.15) is 11.1 Å². The number of amides is 1. The van der Waals surface area contributed by atoms with Crippen LogP contribution in [0.5, 0.6) is 0 Å². The van der Waals surface area contributed by atoms with Crippen LogP contribution in [0.4, 0.5) is 0 Å². The summed E-state index contributed by atoms with van der Waals surface area (Å²) < 4.78 is 0. The van der Waals surface area contributed by atoms with Crippen molar-refractivity contribution in [1.82, 2.24) is 10.3 Å². The molecule has 1 aromatic heterocycles. The minimum absolute atomic E-state index is 0.210. The Balaban J connectivity index is 1.59. The summed E-state index contributed by atoms with van der Waals surface area (Å²) in [6.07, 6.45) is 3.06. The van der Waals surface area contributed by atoms with Gasteiger partial charge in [-0.1, -0.05) is 48.5 Å². The molecule has 4 nitrogen and oxygen atoms in total. The van der Waals surface area contributed by atoms with Gasteiger partial charge in [-0.3, -0.25) is 4.79 Å². The van der Waals surface area contributed by atoms with Gasteiger partial charge in [0.15, 0.2) is 0 Å². The van der Waals surface area contributed by atoms with Crippen LogP contribution in [-0.2, 0) is 17.6 Å². The molecule has 0 spiro atoms. The molecule has 3 rings (SSSR count). The van der Waals surface area contributed by atoms with Crippen molar-refractivity contribution in [2.75, 3.05) is 6.54 Å². The van der Waals surface area contributed by atoms with E-state index in [-0.39, 0.29) is 5.91 Å². The van der Waals surface area contributed by atoms with Crippen molar-refractivity contribution in [1.29, 1.82) is 5.26 Å². The fraction of sp³-hybridized carbons (Fsp3) is 0.200. The maximum atomic E-state index is 12.3. The zero-order valence-corrected chi connectivity index (χ0v) is 13.3. The smallest absolute Gasteiger partial charge is 0.237 e. The summed E-state index contributed by atoms with van der Waals surface area (Å²) >= 11 is 0. The molecule has 0 bridgehead atoms. The number of nitriles is 1. The zero-order chi connectivity index (χ0) is 16.8. The summed E-state index contributed by atoms with van der Waals surface area (Å²) in [7, 11) is 0. The van der Waals surface area contributed by atoms with E-state index in [1.54, 1.807) is 0 Å². The van der Waals surface area contributed by atoms with Crippen molar-refractivity contribution in [3.05, 3.63) is 71.9 Å². The van der Waals surface area contributed by atoms with Gasteiger partial charge in [-0.15, -0.1) is 0 Å². The van der Waals surface area contributed by atoms with E-state index in [2.05, 4.69) is 16.4 Å². The second-order valence-electron chi connectivity index (χ2n) is 5.77. The quantitative estimate of drug-likeness (QED) is 0.733. The van der Waals surface area contributed by atoms with Gasteiger partial charge in [-0.25, -0.2) is 0 Å². The van der Waals surface area contributed by atoms with Crippen molar-refractivity contribution in [2.24, 2.45) is 5.92 Å². The minimum atomic E-state index is -0.681. The number of para-hydroxylation sites is 1. The van der Waals surface area contributed by atoms with Crippen LogP contribution in [0.15, 0.2) is 60.8 Å². The highest BCUT2D eigenvalue weighted by Gasteiger charge is 2.19. The molecule has 2 N–H and O–H groups in total. The Morgan fingerprint density at radius 1 is 1.12 bits per heavy atom. The van der Waals surface area contributed by atoms with E-state index in [4.69, 9.17) is 0 Å². The molecule has 1 amide bonds. The number of nitrogens with one attached hydrogen (secondary N) is 2. The van der Waals surface area contributed by atoms with E-state index in [9.17, 15) is 10.1 Å². The first kappa shape index (κ1) is 15.8. The summed E-state index contributed by atoms with van der Waals surface area (Å²) in [5, 5.41) is 13.3. The van der Waals surface area contributed by atoms with Crippen molar-refractivity contribution < 1.29 is 4.79 Å². The molecule has 1 heterocycles. The topological polar surface area (TPSA) is 68.7 Å². The number of fused-ring (bicyclic) bond motifs is 1. The molecule has 0 unspecified atom stereocenters. The van der Waals surface area contributed by atoms with Crippen LogP contribution in [0.25, 0.3) is 10.9 Å². The zero-order valence-electron chi connectivity index (χ0n) is 13.3. The molecule has 0 saturated carbocycles. The van der Waals surface area contributed by atoms with Crippen molar-refractivity contribution >= 4 is 16.8 Å². The maximum absolute atomic E-state index is 12.3. The van der Waals surface area contributed by atoms with Gasteiger partial charge in [0.1, 0.15) is 5.92 Å². The molecule has 0 aliphatic rings. The lowest BCUT2D eigenvalue weighted by atomic mass is 9.99. The van der Waals surface area contributed by atoms with E-state index in [1.807, 2.05) is 60.8 Å². The lowest BCUT2D eigenvalue weighted by Gasteiger charge is -2.10. The average Bonchev–Trinajstić information content (AvgIpc) is 3.03. The fourth-order valence-electron chi connectivity index (χ4n) is 2.82. The Morgan fingerprint density at radius 3 is 2.67 bits per heavy atom. The standard InChI is InChI=1S/C20H19N3O/c21-13-16(12-17-14-23-19-9-5-4-8-18(17)19)20(24)22-11-10-15-6-2-1-3-7-15/h1-9,14,16,23H,10-12H2,(H,22,24)/t16-/m1/s1. The number of aromatic amines is 1. The second-order valence-corrected chi connectivity index (χ2v) is 5.77. The molecule has 0 fully saturated rings. The molecule has 0 radical (unpaired) electrons. The Bertz CT molecular complexity index is 861. The fourth-order valence-corrected chi connectivity index (χ4v) is 2.82. The molecule has 0 saturated heterocycles. The normalized spacial score (nSPS) is 11.8. The summed E-state index contributed by atoms with van der Waals surface area (Å²) in [5.41, 5.74) is 3.19. The predicted octanol–water partition coefficient (Wildman–Crippen LogP) is 3.21. The van der Waals surface area contributed by atoms with Crippen molar-refractivity contribution in [3.8, 4) is 6.07 Å². The van der Waals surface area contributed by atoms with Crippen LogP contribution in [-0.4, -0.2) is 17.4 Å². The summed E-state index contributed by atoms with van der Waals surface area (Å²) in [6.45, 7) is 0.537. The maximum Gasteiger partial charge on any atom is 0.237 e. The van der Waals surface area contributed by atoms with Gasteiger partial charge < -0.3 is 10.3 Å². The highest BCUT2D eigenvalue weighted by atomic mass is 16.1. The monoisotopic (exact) mass is 317 g/mol. The van der Waals surface area contributed by atoms with Crippen LogP contribution >= 0.6 is 0 Å². The average molecular weight is 317 g/mol. The van der Waals surface area contributed by atoms with Crippen LogP contribution < -0.4 is 5.32 Å². The van der Waals surface area contributed by atoms with Gasteiger partial charge in [-0.05, 0) is 30.0 Å². The van der Waals surface area contributed by atoms with Gasteiger partial charge >= 0.3 is 0 Å². The van der Waals surface area contributed by atoms with Crippen LogP contribution in [0, 0.1) is 17.2 Å². The molecule has 24 heavy (non-hydrogen) atoms. The molecule has 1 atom stereocenters. The van der Waals surface area contributed by atoms with E-state index in [0.29, 0.717) is 13.0 Å². The number of benzene rings is 2. The lowest BCUT2D eigenvalue weighted by molar-refractivity contribution is -0.123. The Labute approximate surface area is 141 Å². The minimum Gasteiger partial charge on any atom is -0.361 e.